The van der Waals surface area contributed by atoms with Crippen LogP contribution in [-0.4, -0.2) is 20.7 Å². The predicted molar refractivity (Wildman–Crippen MR) is 105 cm³/mol. The molecule has 1 atom stereocenters. The average Bonchev–Trinajstić information content (AvgIpc) is 3.49. The number of alkyl halides is 3. The lowest BCUT2D eigenvalue weighted by molar-refractivity contribution is -0.239. The molecule has 1 saturated carbocycles. The smallest absolute Gasteiger partial charge is 0.415 e. The van der Waals surface area contributed by atoms with E-state index in [9.17, 15) is 26.4 Å². The summed E-state index contributed by atoms with van der Waals surface area (Å²) in [5.74, 6) is 4.64. The zero-order valence-corrected chi connectivity index (χ0v) is 16.8. The minimum absolute atomic E-state index is 0.0303. The highest BCUT2D eigenvalue weighted by molar-refractivity contribution is 7.89. The van der Waals surface area contributed by atoms with Crippen molar-refractivity contribution in [2.45, 2.75) is 35.9 Å². The number of hydrogen-bond acceptors (Lipinski definition) is 4. The summed E-state index contributed by atoms with van der Waals surface area (Å²) in [6, 6.07) is 9.98. The Hall–Kier alpha value is -3.03. The van der Waals surface area contributed by atoms with E-state index < -0.39 is 27.9 Å². The molecule has 1 aliphatic carbocycles. The molecule has 0 unspecified atom stereocenters. The van der Waals surface area contributed by atoms with Crippen molar-refractivity contribution in [3.05, 3.63) is 59.2 Å². The predicted octanol–water partition coefficient (Wildman–Crippen LogP) is 3.66. The lowest BCUT2D eigenvalue weighted by Crippen LogP contribution is -2.49. The SMILES string of the molecule is NS(=O)(=O)c1ccc(Cc2ccc3c(c2)NC(=O)O[C@]3(C#CC2CC2)C(F)(F)F)cc1. The second-order valence-electron chi connectivity index (χ2n) is 7.48. The van der Waals surface area contributed by atoms with Crippen molar-refractivity contribution >= 4 is 21.8 Å². The quantitative estimate of drug-likeness (QED) is 0.698. The van der Waals surface area contributed by atoms with Gasteiger partial charge < -0.3 is 4.74 Å². The van der Waals surface area contributed by atoms with Crippen LogP contribution in [0.3, 0.4) is 0 Å². The number of fused-ring (bicyclic) bond motifs is 1. The zero-order chi connectivity index (χ0) is 22.4. The first-order valence-electron chi connectivity index (χ1n) is 9.32. The van der Waals surface area contributed by atoms with Gasteiger partial charge in [-0.25, -0.2) is 18.4 Å². The summed E-state index contributed by atoms with van der Waals surface area (Å²) in [4.78, 5) is 11.9. The highest BCUT2D eigenvalue weighted by atomic mass is 32.2. The van der Waals surface area contributed by atoms with E-state index in [1.807, 2.05) is 0 Å². The first kappa shape index (κ1) is 21.2. The van der Waals surface area contributed by atoms with Gasteiger partial charge in [0.15, 0.2) is 0 Å². The van der Waals surface area contributed by atoms with E-state index in [1.54, 1.807) is 12.1 Å². The van der Waals surface area contributed by atoms with E-state index in [4.69, 9.17) is 9.88 Å². The van der Waals surface area contributed by atoms with Crippen LogP contribution >= 0.6 is 0 Å². The molecule has 162 valence electrons. The molecule has 2 aromatic rings. The Morgan fingerprint density at radius 2 is 1.77 bits per heavy atom. The van der Waals surface area contributed by atoms with Gasteiger partial charge in [-0.1, -0.05) is 30.2 Å². The Balaban J connectivity index is 1.69. The summed E-state index contributed by atoms with van der Waals surface area (Å²) < 4.78 is 69.5. The Kier molecular flexibility index (Phi) is 4.98. The molecule has 4 rings (SSSR count). The highest BCUT2D eigenvalue weighted by Crippen LogP contribution is 2.47. The number of primary sulfonamides is 1. The van der Waals surface area contributed by atoms with Gasteiger partial charge >= 0.3 is 12.3 Å². The molecule has 2 aromatic carbocycles. The van der Waals surface area contributed by atoms with Gasteiger partial charge in [0, 0.05) is 11.5 Å². The molecular weight excluding hydrogens is 433 g/mol. The van der Waals surface area contributed by atoms with E-state index in [2.05, 4.69) is 17.2 Å². The van der Waals surface area contributed by atoms with Gasteiger partial charge in [0.2, 0.25) is 10.0 Å². The molecule has 3 N–H and O–H groups in total. The number of sulfonamides is 1. The van der Waals surface area contributed by atoms with Crippen LogP contribution < -0.4 is 10.5 Å². The fourth-order valence-electron chi connectivity index (χ4n) is 3.28. The molecule has 0 saturated heterocycles. The van der Waals surface area contributed by atoms with Crippen molar-refractivity contribution < 1.29 is 31.1 Å². The van der Waals surface area contributed by atoms with E-state index in [1.165, 1.54) is 30.3 Å². The van der Waals surface area contributed by atoms with Crippen molar-refractivity contribution in [1.29, 1.82) is 0 Å². The zero-order valence-electron chi connectivity index (χ0n) is 16.0. The standard InChI is InChI=1S/C21H17F3N2O4S/c22-21(23,24)20(10-9-13-1-2-13)17-8-5-15(12-18(17)26-19(27)30-20)11-14-3-6-16(7-4-14)31(25,28)29/h3-8,12-13H,1-2,11H2,(H,26,27)(H2,25,28,29)/t20-/m0/s1. The summed E-state index contributed by atoms with van der Waals surface area (Å²) in [6.45, 7) is 0. The molecule has 1 aliphatic heterocycles. The third kappa shape index (κ3) is 4.24. The Bertz CT molecular complexity index is 1210. The fraction of sp³-hybridized carbons (Fsp3) is 0.286. The lowest BCUT2D eigenvalue weighted by atomic mass is 9.88. The van der Waals surface area contributed by atoms with Gasteiger partial charge in [0.25, 0.3) is 5.60 Å². The minimum Gasteiger partial charge on any atom is -0.415 e. The lowest BCUT2D eigenvalue weighted by Gasteiger charge is -2.36. The molecule has 1 amide bonds. The van der Waals surface area contributed by atoms with Crippen molar-refractivity contribution in [3.63, 3.8) is 0 Å². The van der Waals surface area contributed by atoms with E-state index in [0.29, 0.717) is 17.5 Å². The number of nitrogens with one attached hydrogen (secondary N) is 1. The topological polar surface area (TPSA) is 98.5 Å². The fourth-order valence-corrected chi connectivity index (χ4v) is 3.80. The van der Waals surface area contributed by atoms with Crippen LogP contribution in [0.4, 0.5) is 23.7 Å². The molecule has 0 aromatic heterocycles. The van der Waals surface area contributed by atoms with Gasteiger partial charge in [0.1, 0.15) is 0 Å². The van der Waals surface area contributed by atoms with E-state index >= 15 is 0 Å². The van der Waals surface area contributed by atoms with Crippen molar-refractivity contribution in [1.82, 2.24) is 0 Å². The molecule has 1 heterocycles. The largest absolute Gasteiger partial charge is 0.445 e. The Morgan fingerprint density at radius 1 is 1.13 bits per heavy atom. The molecular formula is C21H17F3N2O4S. The number of anilines is 1. The monoisotopic (exact) mass is 450 g/mol. The van der Waals surface area contributed by atoms with Gasteiger partial charge in [-0.15, -0.1) is 0 Å². The first-order valence-corrected chi connectivity index (χ1v) is 10.9. The maximum atomic E-state index is 14.0. The number of carbonyl (C=O) groups excluding carboxylic acids is 1. The summed E-state index contributed by atoms with van der Waals surface area (Å²) in [5.41, 5.74) is -2.02. The number of amides is 1. The number of nitrogens with two attached hydrogens (primary N) is 1. The summed E-state index contributed by atoms with van der Waals surface area (Å²) in [5, 5.41) is 7.39. The summed E-state index contributed by atoms with van der Waals surface area (Å²) in [7, 11) is -3.83. The van der Waals surface area contributed by atoms with Gasteiger partial charge in [-0.3, -0.25) is 5.32 Å². The number of carbonyl (C=O) groups is 1. The van der Waals surface area contributed by atoms with Gasteiger partial charge in [-0.2, -0.15) is 13.2 Å². The number of hydrogen-bond donors (Lipinski definition) is 2. The number of cyclic esters (lactones) is 1. The molecule has 0 radical (unpaired) electrons. The van der Waals surface area contributed by atoms with Crippen LogP contribution in [0.15, 0.2) is 47.4 Å². The van der Waals surface area contributed by atoms with Crippen LogP contribution in [0.2, 0.25) is 0 Å². The number of benzene rings is 2. The van der Waals surface area contributed by atoms with Crippen molar-refractivity contribution in [3.8, 4) is 11.8 Å². The molecule has 2 aliphatic rings. The third-order valence-electron chi connectivity index (χ3n) is 5.03. The Labute approximate surface area is 176 Å². The normalized spacial score (nSPS) is 20.7. The van der Waals surface area contributed by atoms with Crippen molar-refractivity contribution in [2.24, 2.45) is 11.1 Å². The molecule has 6 nitrogen and oxygen atoms in total. The van der Waals surface area contributed by atoms with Crippen LogP contribution in [0, 0.1) is 17.8 Å². The second-order valence-corrected chi connectivity index (χ2v) is 9.04. The van der Waals surface area contributed by atoms with Gasteiger partial charge in [-0.05, 0) is 54.5 Å². The Morgan fingerprint density at radius 3 is 2.35 bits per heavy atom. The molecule has 1 fully saturated rings. The van der Waals surface area contributed by atoms with E-state index in [0.717, 1.165) is 12.8 Å². The van der Waals surface area contributed by atoms with Crippen LogP contribution in [0.25, 0.3) is 0 Å². The molecule has 10 heteroatoms. The number of rotatable bonds is 3. The second kappa shape index (κ2) is 7.28. The summed E-state index contributed by atoms with van der Waals surface area (Å²) >= 11 is 0. The highest BCUT2D eigenvalue weighted by Gasteiger charge is 2.62. The number of ether oxygens (including phenoxy) is 1. The summed E-state index contributed by atoms with van der Waals surface area (Å²) in [6.07, 6.45) is -4.41. The maximum Gasteiger partial charge on any atom is 0.445 e. The minimum atomic E-state index is -4.92. The maximum absolute atomic E-state index is 14.0. The molecule has 0 bridgehead atoms. The van der Waals surface area contributed by atoms with Crippen LogP contribution in [0.5, 0.6) is 0 Å². The van der Waals surface area contributed by atoms with E-state index in [-0.39, 0.29) is 22.1 Å². The average molecular weight is 450 g/mol. The molecule has 0 spiro atoms. The van der Waals surface area contributed by atoms with Gasteiger partial charge in [0.05, 0.1) is 10.6 Å². The third-order valence-corrected chi connectivity index (χ3v) is 5.96. The molecule has 31 heavy (non-hydrogen) atoms. The number of halogens is 3. The first-order chi connectivity index (χ1) is 14.5. The van der Waals surface area contributed by atoms with Crippen LogP contribution in [0.1, 0.15) is 29.5 Å². The van der Waals surface area contributed by atoms with Crippen LogP contribution in [-0.2, 0) is 26.8 Å². The van der Waals surface area contributed by atoms with Crippen molar-refractivity contribution in [2.75, 3.05) is 5.32 Å².